The van der Waals surface area contributed by atoms with Gasteiger partial charge in [0, 0.05) is 25.1 Å². The van der Waals surface area contributed by atoms with Gasteiger partial charge in [0.15, 0.2) is 0 Å². The van der Waals surface area contributed by atoms with Gasteiger partial charge in [0.05, 0.1) is 23.8 Å². The molecule has 1 unspecified atom stereocenters. The number of hydrogen-bond donors (Lipinski definition) is 3. The van der Waals surface area contributed by atoms with Crippen molar-refractivity contribution in [1.82, 2.24) is 10.3 Å². The number of rotatable bonds is 3. The number of fused-ring (bicyclic) bond motifs is 1. The van der Waals surface area contributed by atoms with Crippen molar-refractivity contribution in [1.29, 1.82) is 0 Å². The number of ether oxygens (including phenoxy) is 1. The van der Waals surface area contributed by atoms with Gasteiger partial charge >= 0.3 is 6.03 Å². The Balaban J connectivity index is 1.43. The van der Waals surface area contributed by atoms with Crippen molar-refractivity contribution < 1.29 is 14.6 Å². The highest BCUT2D eigenvalue weighted by Gasteiger charge is 2.25. The van der Waals surface area contributed by atoms with Gasteiger partial charge in [-0.1, -0.05) is 29.8 Å². The fraction of sp³-hybridized carbons (Fsp3) is 0.368. The topological polar surface area (TPSA) is 86.7 Å². The first-order chi connectivity index (χ1) is 13.1. The zero-order valence-corrected chi connectivity index (χ0v) is 15.4. The molecule has 0 aliphatic carbocycles. The van der Waals surface area contributed by atoms with Crippen LogP contribution in [0.25, 0.3) is 0 Å². The molecule has 4 rings (SSSR count). The Morgan fingerprint density at radius 3 is 2.93 bits per heavy atom. The summed E-state index contributed by atoms with van der Waals surface area (Å²) < 4.78 is 5.62. The largest absolute Gasteiger partial charge is 0.492 e. The Labute approximate surface area is 162 Å². The van der Waals surface area contributed by atoms with Gasteiger partial charge in [-0.25, -0.2) is 9.78 Å². The number of carbonyl (C=O) groups is 1. The number of β-amino-alcohol motifs (C(OH)–C–C–N with tert-alkyl or cyclic N) is 1. The summed E-state index contributed by atoms with van der Waals surface area (Å²) in [5.41, 5.74) is 0.872. The second-order valence-electron chi connectivity index (χ2n) is 6.72. The molecule has 27 heavy (non-hydrogen) atoms. The number of aliphatic hydroxyl groups excluding tert-OH is 1. The molecule has 8 heteroatoms. The Morgan fingerprint density at radius 1 is 1.26 bits per heavy atom. The van der Waals surface area contributed by atoms with Crippen molar-refractivity contribution in [2.24, 2.45) is 0 Å². The van der Waals surface area contributed by atoms with Crippen LogP contribution in [0.4, 0.5) is 16.4 Å². The van der Waals surface area contributed by atoms with Crippen LogP contribution in [0.15, 0.2) is 36.4 Å². The summed E-state index contributed by atoms with van der Waals surface area (Å²) in [5.74, 6) is 1.83. The lowest BCUT2D eigenvalue weighted by Crippen LogP contribution is -2.35. The molecule has 3 N–H and O–H groups in total. The van der Waals surface area contributed by atoms with Gasteiger partial charge in [0.1, 0.15) is 17.4 Å². The number of nitrogens with one attached hydrogen (secondary N) is 2. The third-order valence-corrected chi connectivity index (χ3v) is 5.09. The van der Waals surface area contributed by atoms with E-state index in [1.807, 2.05) is 29.2 Å². The van der Waals surface area contributed by atoms with Crippen molar-refractivity contribution in [3.05, 3.63) is 47.0 Å². The molecule has 0 spiro atoms. The highest BCUT2D eigenvalue weighted by Crippen LogP contribution is 2.37. The third-order valence-electron chi connectivity index (χ3n) is 4.79. The van der Waals surface area contributed by atoms with Gasteiger partial charge in [-0.2, -0.15) is 0 Å². The standard InChI is InChI=1S/C19H21ClN4O3/c20-14-4-1-3-13-15(8-10-27-18(13)14)21-19(26)23-16-5-2-6-17(22-16)24-9-7-12(25)11-24/h1-6,12,15,25H,7-11H2,(H2,21,22,23,26)/t12?,15-/m0/s1. The van der Waals surface area contributed by atoms with E-state index in [1.54, 1.807) is 12.1 Å². The average molecular weight is 389 g/mol. The summed E-state index contributed by atoms with van der Waals surface area (Å²) in [6, 6.07) is 10.5. The van der Waals surface area contributed by atoms with E-state index in [-0.39, 0.29) is 18.2 Å². The van der Waals surface area contributed by atoms with Gasteiger partial charge in [0.25, 0.3) is 0 Å². The Morgan fingerprint density at radius 2 is 2.11 bits per heavy atom. The zero-order valence-electron chi connectivity index (χ0n) is 14.7. The number of amides is 2. The molecular weight excluding hydrogens is 368 g/mol. The summed E-state index contributed by atoms with van der Waals surface area (Å²) in [4.78, 5) is 19.0. The molecule has 1 aromatic carbocycles. The Kier molecular flexibility index (Phi) is 5.05. The molecule has 2 aliphatic rings. The van der Waals surface area contributed by atoms with E-state index in [2.05, 4.69) is 15.6 Å². The number of pyridine rings is 1. The molecule has 0 saturated carbocycles. The van der Waals surface area contributed by atoms with Crippen molar-refractivity contribution in [3.63, 3.8) is 0 Å². The number of urea groups is 1. The molecule has 0 radical (unpaired) electrons. The summed E-state index contributed by atoms with van der Waals surface area (Å²) in [6.45, 7) is 1.80. The fourth-order valence-electron chi connectivity index (χ4n) is 3.47. The van der Waals surface area contributed by atoms with Crippen LogP contribution in [-0.4, -0.2) is 41.9 Å². The number of halogens is 1. The predicted molar refractivity (Wildman–Crippen MR) is 104 cm³/mol. The highest BCUT2D eigenvalue weighted by molar-refractivity contribution is 6.32. The third kappa shape index (κ3) is 3.94. The Bertz CT molecular complexity index is 847. The second-order valence-corrected chi connectivity index (χ2v) is 7.12. The van der Waals surface area contributed by atoms with E-state index in [0.29, 0.717) is 36.2 Å². The average Bonchev–Trinajstić information content (AvgIpc) is 3.09. The van der Waals surface area contributed by atoms with Crippen LogP contribution in [0.3, 0.4) is 0 Å². The number of hydrogen-bond acceptors (Lipinski definition) is 5. The molecule has 1 fully saturated rings. The first-order valence-corrected chi connectivity index (χ1v) is 9.37. The van der Waals surface area contributed by atoms with E-state index in [1.165, 1.54) is 0 Å². The van der Waals surface area contributed by atoms with E-state index < -0.39 is 0 Å². The number of aliphatic hydroxyl groups is 1. The van der Waals surface area contributed by atoms with Crippen LogP contribution >= 0.6 is 11.6 Å². The lowest BCUT2D eigenvalue weighted by atomic mass is 10.0. The molecule has 2 amide bonds. The lowest BCUT2D eigenvalue weighted by Gasteiger charge is -2.27. The minimum atomic E-state index is -0.334. The van der Waals surface area contributed by atoms with Crippen LogP contribution in [0.2, 0.25) is 5.02 Å². The number of anilines is 2. The molecule has 142 valence electrons. The maximum atomic E-state index is 12.5. The molecule has 7 nitrogen and oxygen atoms in total. The second kappa shape index (κ2) is 7.62. The van der Waals surface area contributed by atoms with Gasteiger partial charge < -0.3 is 20.1 Å². The van der Waals surface area contributed by atoms with Crippen LogP contribution in [0, 0.1) is 0 Å². The summed E-state index contributed by atoms with van der Waals surface area (Å²) in [6.07, 6.45) is 1.07. The molecule has 2 aromatic rings. The van der Waals surface area contributed by atoms with Gasteiger partial charge in [-0.15, -0.1) is 0 Å². The zero-order chi connectivity index (χ0) is 18.8. The predicted octanol–water partition coefficient (Wildman–Crippen LogP) is 2.95. The van der Waals surface area contributed by atoms with Crippen LogP contribution in [0.1, 0.15) is 24.4 Å². The minimum Gasteiger partial charge on any atom is -0.492 e. The monoisotopic (exact) mass is 388 g/mol. The molecule has 3 heterocycles. The number of aromatic nitrogens is 1. The van der Waals surface area contributed by atoms with Gasteiger partial charge in [0.2, 0.25) is 0 Å². The van der Waals surface area contributed by atoms with E-state index in [9.17, 15) is 9.90 Å². The highest BCUT2D eigenvalue weighted by atomic mass is 35.5. The molecular formula is C19H21ClN4O3. The summed E-state index contributed by atoms with van der Waals surface area (Å²) in [7, 11) is 0. The number of nitrogens with zero attached hydrogens (tertiary/aromatic N) is 2. The number of para-hydroxylation sites is 1. The van der Waals surface area contributed by atoms with Crippen LogP contribution in [0.5, 0.6) is 5.75 Å². The van der Waals surface area contributed by atoms with Gasteiger partial charge in [-0.3, -0.25) is 5.32 Å². The summed E-state index contributed by atoms with van der Waals surface area (Å²) in [5, 5.41) is 16.0. The van der Waals surface area contributed by atoms with Crippen molar-refractivity contribution in [2.75, 3.05) is 29.9 Å². The molecule has 0 bridgehead atoms. The minimum absolute atomic E-state index is 0.177. The quantitative estimate of drug-likeness (QED) is 0.752. The van der Waals surface area contributed by atoms with Crippen molar-refractivity contribution in [3.8, 4) is 5.75 Å². The normalized spacial score (nSPS) is 21.3. The summed E-state index contributed by atoms with van der Waals surface area (Å²) >= 11 is 6.18. The lowest BCUT2D eigenvalue weighted by molar-refractivity contribution is 0.198. The molecule has 2 atom stereocenters. The Hall–Kier alpha value is -2.51. The molecule has 2 aliphatic heterocycles. The SMILES string of the molecule is O=C(Nc1cccc(N2CCC(O)C2)n1)N[C@H]1CCOc2c(Cl)cccc21. The van der Waals surface area contributed by atoms with Crippen molar-refractivity contribution >= 4 is 29.3 Å². The van der Waals surface area contributed by atoms with E-state index >= 15 is 0 Å². The van der Waals surface area contributed by atoms with Crippen LogP contribution in [-0.2, 0) is 0 Å². The number of carbonyl (C=O) groups excluding carboxylic acids is 1. The van der Waals surface area contributed by atoms with E-state index in [0.717, 1.165) is 24.3 Å². The van der Waals surface area contributed by atoms with E-state index in [4.69, 9.17) is 16.3 Å². The molecule has 1 saturated heterocycles. The maximum absolute atomic E-state index is 12.5. The number of benzene rings is 1. The van der Waals surface area contributed by atoms with Crippen molar-refractivity contribution in [2.45, 2.75) is 25.0 Å². The first kappa shape index (κ1) is 17.9. The maximum Gasteiger partial charge on any atom is 0.320 e. The fourth-order valence-corrected chi connectivity index (χ4v) is 3.70. The van der Waals surface area contributed by atoms with Gasteiger partial charge in [-0.05, 0) is 24.6 Å². The first-order valence-electron chi connectivity index (χ1n) is 8.99. The molecule has 1 aromatic heterocycles. The van der Waals surface area contributed by atoms with Crippen LogP contribution < -0.4 is 20.3 Å². The smallest absolute Gasteiger partial charge is 0.320 e.